The second-order valence-electron chi connectivity index (χ2n) is 5.77. The number of carbonyl (C=O) groups is 2. The molecule has 0 bridgehead atoms. The maximum Gasteiger partial charge on any atom is 0.292 e. The number of methoxy groups -OCH3 is 1. The lowest BCUT2D eigenvalue weighted by atomic mass is 10.2. The highest BCUT2D eigenvalue weighted by Crippen LogP contribution is 2.23. The summed E-state index contributed by atoms with van der Waals surface area (Å²) in [5, 5.41) is 16.2. The van der Waals surface area contributed by atoms with E-state index in [1.165, 1.54) is 30.2 Å². The van der Waals surface area contributed by atoms with Crippen molar-refractivity contribution in [1.82, 2.24) is 4.90 Å². The Balaban J connectivity index is 1.87. The molecule has 142 valence electrons. The molecule has 0 aliphatic rings. The van der Waals surface area contributed by atoms with E-state index in [0.29, 0.717) is 11.4 Å². The first kappa shape index (κ1) is 19.9. The van der Waals surface area contributed by atoms with Gasteiger partial charge in [-0.1, -0.05) is 18.2 Å². The zero-order valence-electron chi connectivity index (χ0n) is 15.0. The Bertz CT molecular complexity index is 840. The number of rotatable bonds is 8. The molecule has 27 heavy (non-hydrogen) atoms. The lowest BCUT2D eigenvalue weighted by molar-refractivity contribution is -0.383. The molecule has 0 heterocycles. The van der Waals surface area contributed by atoms with E-state index < -0.39 is 10.8 Å². The molecule has 9 heteroatoms. The number of carbonyl (C=O) groups excluding carboxylic acids is 2. The van der Waals surface area contributed by atoms with Gasteiger partial charge in [0.15, 0.2) is 0 Å². The van der Waals surface area contributed by atoms with Crippen LogP contribution in [0, 0.1) is 10.1 Å². The Morgan fingerprint density at radius 3 is 2.41 bits per heavy atom. The maximum absolute atomic E-state index is 12.1. The lowest BCUT2D eigenvalue weighted by Gasteiger charge is -2.16. The van der Waals surface area contributed by atoms with Crippen molar-refractivity contribution in [2.75, 3.05) is 37.9 Å². The molecule has 2 aromatic carbocycles. The highest BCUT2D eigenvalue weighted by atomic mass is 16.6. The summed E-state index contributed by atoms with van der Waals surface area (Å²) in [7, 11) is 3.13. The molecule has 9 nitrogen and oxygen atoms in total. The van der Waals surface area contributed by atoms with E-state index >= 15 is 0 Å². The molecular weight excluding hydrogens is 352 g/mol. The predicted molar refractivity (Wildman–Crippen MR) is 101 cm³/mol. The van der Waals surface area contributed by atoms with Crippen molar-refractivity contribution in [3.8, 4) is 5.75 Å². The third kappa shape index (κ3) is 6.08. The number of para-hydroxylation sites is 2. The van der Waals surface area contributed by atoms with Gasteiger partial charge in [-0.25, -0.2) is 0 Å². The minimum atomic E-state index is -0.569. The highest BCUT2D eigenvalue weighted by molar-refractivity contribution is 5.96. The van der Waals surface area contributed by atoms with Crippen molar-refractivity contribution in [3.05, 3.63) is 58.6 Å². The SMILES string of the molecule is COc1cccc(NC(=O)CN(C)CC(=O)Nc2ccccc2[N+](=O)[O-])c1. The van der Waals surface area contributed by atoms with Crippen molar-refractivity contribution in [3.63, 3.8) is 0 Å². The van der Waals surface area contributed by atoms with Crippen molar-refractivity contribution in [2.24, 2.45) is 0 Å². The molecule has 0 saturated heterocycles. The molecular formula is C18H20N4O5. The second-order valence-corrected chi connectivity index (χ2v) is 5.77. The first-order chi connectivity index (χ1) is 12.9. The number of nitrogens with one attached hydrogen (secondary N) is 2. The van der Waals surface area contributed by atoms with E-state index in [1.54, 1.807) is 37.4 Å². The molecule has 2 amide bonds. The Labute approximate surface area is 156 Å². The fourth-order valence-corrected chi connectivity index (χ4v) is 2.38. The third-order valence-electron chi connectivity index (χ3n) is 3.56. The van der Waals surface area contributed by atoms with Crippen LogP contribution in [0.2, 0.25) is 0 Å². The molecule has 2 rings (SSSR count). The zero-order valence-corrected chi connectivity index (χ0v) is 15.0. The molecule has 2 N–H and O–H groups in total. The molecule has 0 unspecified atom stereocenters. The van der Waals surface area contributed by atoms with Crippen LogP contribution in [0.1, 0.15) is 0 Å². The summed E-state index contributed by atoms with van der Waals surface area (Å²) < 4.78 is 5.09. The number of amides is 2. The van der Waals surface area contributed by atoms with Gasteiger partial charge in [-0.15, -0.1) is 0 Å². The highest BCUT2D eigenvalue weighted by Gasteiger charge is 2.16. The summed E-state index contributed by atoms with van der Waals surface area (Å²) in [6.45, 7) is -0.126. The van der Waals surface area contributed by atoms with Gasteiger partial charge in [0.2, 0.25) is 11.8 Å². The van der Waals surface area contributed by atoms with E-state index in [-0.39, 0.29) is 30.4 Å². The van der Waals surface area contributed by atoms with Crippen LogP contribution in [-0.2, 0) is 9.59 Å². The first-order valence-corrected chi connectivity index (χ1v) is 8.04. The van der Waals surface area contributed by atoms with E-state index in [9.17, 15) is 19.7 Å². The number of likely N-dealkylation sites (N-methyl/N-ethyl adjacent to an activating group) is 1. The summed E-state index contributed by atoms with van der Waals surface area (Å²) in [6.07, 6.45) is 0. The first-order valence-electron chi connectivity index (χ1n) is 8.04. The average molecular weight is 372 g/mol. The van der Waals surface area contributed by atoms with Gasteiger partial charge < -0.3 is 15.4 Å². The lowest BCUT2D eigenvalue weighted by Crippen LogP contribution is -2.36. The molecule has 0 spiro atoms. The van der Waals surface area contributed by atoms with Crippen LogP contribution in [0.25, 0.3) is 0 Å². The molecule has 0 aliphatic carbocycles. The fourth-order valence-electron chi connectivity index (χ4n) is 2.38. The van der Waals surface area contributed by atoms with Crippen LogP contribution >= 0.6 is 0 Å². The quantitative estimate of drug-likeness (QED) is 0.542. The summed E-state index contributed by atoms with van der Waals surface area (Å²) in [4.78, 5) is 36.1. The molecule has 0 aliphatic heterocycles. The average Bonchev–Trinajstić information content (AvgIpc) is 2.61. The number of ether oxygens (including phenoxy) is 1. The van der Waals surface area contributed by atoms with Crippen molar-refractivity contribution < 1.29 is 19.2 Å². The molecule has 0 atom stereocenters. The second kappa shape index (κ2) is 9.30. The number of hydrogen-bond acceptors (Lipinski definition) is 6. The minimum Gasteiger partial charge on any atom is -0.497 e. The number of nitro groups is 1. The molecule has 0 radical (unpaired) electrons. The van der Waals surface area contributed by atoms with Crippen LogP contribution in [0.3, 0.4) is 0 Å². The van der Waals surface area contributed by atoms with E-state index in [1.807, 2.05) is 0 Å². The van der Waals surface area contributed by atoms with Crippen molar-refractivity contribution in [1.29, 1.82) is 0 Å². The monoisotopic (exact) mass is 372 g/mol. The summed E-state index contributed by atoms with van der Waals surface area (Å²) in [6, 6.07) is 12.8. The standard InChI is InChI=1S/C18H20N4O5/c1-21(11-17(23)19-13-6-5-7-14(10-13)27-2)12-18(24)20-15-8-3-4-9-16(15)22(25)26/h3-10H,11-12H2,1-2H3,(H,19,23)(H,20,24). The predicted octanol–water partition coefficient (Wildman–Crippen LogP) is 2.11. The third-order valence-corrected chi connectivity index (χ3v) is 3.56. The molecule has 0 saturated carbocycles. The van der Waals surface area contributed by atoms with Crippen molar-refractivity contribution in [2.45, 2.75) is 0 Å². The van der Waals surface area contributed by atoms with Gasteiger partial charge in [-0.05, 0) is 25.2 Å². The van der Waals surface area contributed by atoms with Gasteiger partial charge in [-0.2, -0.15) is 0 Å². The Morgan fingerprint density at radius 1 is 1.07 bits per heavy atom. The van der Waals surface area contributed by atoms with Crippen LogP contribution in [0.15, 0.2) is 48.5 Å². The molecule has 0 fully saturated rings. The van der Waals surface area contributed by atoms with Gasteiger partial charge in [0.1, 0.15) is 11.4 Å². The molecule has 2 aromatic rings. The minimum absolute atomic E-state index is 0.0263. The Morgan fingerprint density at radius 2 is 1.74 bits per heavy atom. The van der Waals surface area contributed by atoms with E-state index in [2.05, 4.69) is 10.6 Å². The summed E-state index contributed by atoms with van der Waals surface area (Å²) in [5.74, 6) is -0.143. The summed E-state index contributed by atoms with van der Waals surface area (Å²) >= 11 is 0. The van der Waals surface area contributed by atoms with E-state index in [4.69, 9.17) is 4.74 Å². The van der Waals surface area contributed by atoms with E-state index in [0.717, 1.165) is 0 Å². The number of benzene rings is 2. The van der Waals surface area contributed by atoms with Gasteiger partial charge in [-0.3, -0.25) is 24.6 Å². The van der Waals surface area contributed by atoms with Crippen LogP contribution in [0.4, 0.5) is 17.1 Å². The van der Waals surface area contributed by atoms with Crippen LogP contribution in [0.5, 0.6) is 5.75 Å². The summed E-state index contributed by atoms with van der Waals surface area (Å²) in [5.41, 5.74) is 0.503. The molecule has 0 aromatic heterocycles. The van der Waals surface area contributed by atoms with Crippen molar-refractivity contribution >= 4 is 28.9 Å². The Hall–Kier alpha value is -3.46. The van der Waals surface area contributed by atoms with Crippen LogP contribution < -0.4 is 15.4 Å². The number of hydrogen-bond donors (Lipinski definition) is 2. The zero-order chi connectivity index (χ0) is 19.8. The van der Waals surface area contributed by atoms with Gasteiger partial charge in [0.25, 0.3) is 5.69 Å². The van der Waals surface area contributed by atoms with Crippen LogP contribution in [-0.4, -0.2) is 48.9 Å². The largest absolute Gasteiger partial charge is 0.497 e. The fraction of sp³-hybridized carbons (Fsp3) is 0.222. The number of nitrogens with zero attached hydrogens (tertiary/aromatic N) is 2. The van der Waals surface area contributed by atoms with Gasteiger partial charge >= 0.3 is 0 Å². The maximum atomic E-state index is 12.1. The van der Waals surface area contributed by atoms with Gasteiger partial charge in [0.05, 0.1) is 25.1 Å². The van der Waals surface area contributed by atoms with Gasteiger partial charge in [0, 0.05) is 17.8 Å². The number of nitro benzene ring substituents is 1. The Kier molecular flexibility index (Phi) is 6.84. The topological polar surface area (TPSA) is 114 Å². The smallest absolute Gasteiger partial charge is 0.292 e. The number of anilines is 2. The normalized spacial score (nSPS) is 10.3.